The van der Waals surface area contributed by atoms with Gasteiger partial charge in [-0.2, -0.15) is 4.31 Å². The molecule has 1 aliphatic heterocycles. The van der Waals surface area contributed by atoms with Gasteiger partial charge in [0.2, 0.25) is 10.0 Å². The summed E-state index contributed by atoms with van der Waals surface area (Å²) in [6, 6.07) is 0. The summed E-state index contributed by atoms with van der Waals surface area (Å²) in [4.78, 5) is 2.56. The second kappa shape index (κ2) is 5.86. The summed E-state index contributed by atoms with van der Waals surface area (Å²) < 4.78 is 32.5. The Morgan fingerprint density at radius 1 is 1.26 bits per heavy atom. The van der Waals surface area contributed by atoms with Gasteiger partial charge in [-0.15, -0.1) is 0 Å². The van der Waals surface area contributed by atoms with E-state index in [0.29, 0.717) is 24.5 Å². The predicted molar refractivity (Wildman–Crippen MR) is 87.7 cm³/mol. The van der Waals surface area contributed by atoms with Crippen molar-refractivity contribution in [2.45, 2.75) is 56.4 Å². The summed E-state index contributed by atoms with van der Waals surface area (Å²) in [5, 5.41) is 3.79. The van der Waals surface area contributed by atoms with Gasteiger partial charge < -0.3 is 9.42 Å². The van der Waals surface area contributed by atoms with E-state index in [0.717, 1.165) is 18.8 Å². The molecule has 6 nitrogen and oxygen atoms in total. The largest absolute Gasteiger partial charge is 0.360 e. The maximum Gasteiger partial charge on any atom is 0.248 e. The van der Waals surface area contributed by atoms with Crippen LogP contribution in [-0.2, 0) is 10.0 Å². The molecule has 0 amide bonds. The summed E-state index contributed by atoms with van der Waals surface area (Å²) in [6.07, 6.45) is 5.63. The molecule has 1 saturated heterocycles. The molecule has 3 rings (SSSR count). The fraction of sp³-hybridized carbons (Fsp3) is 0.812. The highest BCUT2D eigenvalue weighted by Crippen LogP contribution is 2.43. The fourth-order valence-corrected chi connectivity index (χ4v) is 5.54. The second-order valence-electron chi connectivity index (χ2n) is 7.32. The Kier molecular flexibility index (Phi) is 4.31. The third-order valence-electron chi connectivity index (χ3n) is 5.53. The predicted octanol–water partition coefficient (Wildman–Crippen LogP) is 2.18. The smallest absolute Gasteiger partial charge is 0.248 e. The number of piperidine rings is 1. The van der Waals surface area contributed by atoms with Crippen molar-refractivity contribution in [2.24, 2.45) is 5.92 Å². The highest BCUT2D eigenvalue weighted by molar-refractivity contribution is 7.89. The van der Waals surface area contributed by atoms with E-state index in [1.54, 1.807) is 18.2 Å². The second-order valence-corrected chi connectivity index (χ2v) is 9.20. The number of sulfonamides is 1. The minimum atomic E-state index is -3.51. The zero-order valence-electron chi connectivity index (χ0n) is 14.5. The highest BCUT2D eigenvalue weighted by atomic mass is 32.2. The molecule has 0 unspecified atom stereocenters. The molecule has 1 aromatic heterocycles. The fourth-order valence-electron chi connectivity index (χ4n) is 3.81. The molecular weight excluding hydrogens is 314 g/mol. The lowest BCUT2D eigenvalue weighted by molar-refractivity contribution is 0.0696. The van der Waals surface area contributed by atoms with Gasteiger partial charge >= 0.3 is 0 Å². The van der Waals surface area contributed by atoms with Crippen molar-refractivity contribution in [3.05, 3.63) is 11.5 Å². The number of nitrogens with zero attached hydrogens (tertiary/aromatic N) is 3. The summed E-state index contributed by atoms with van der Waals surface area (Å²) in [5.41, 5.74) is 0.594. The third-order valence-corrected chi connectivity index (χ3v) is 7.68. The van der Waals surface area contributed by atoms with E-state index in [9.17, 15) is 8.42 Å². The van der Waals surface area contributed by atoms with Crippen LogP contribution in [0.1, 0.15) is 43.6 Å². The maximum atomic E-state index is 12.9. The lowest BCUT2D eigenvalue weighted by Crippen LogP contribution is -2.54. The summed E-state index contributed by atoms with van der Waals surface area (Å²) >= 11 is 0. The van der Waals surface area contributed by atoms with E-state index >= 15 is 0 Å². The average Bonchev–Trinajstić information content (AvgIpc) is 3.22. The summed E-state index contributed by atoms with van der Waals surface area (Å²) in [6.45, 7) is 4.48. The number of aromatic nitrogens is 1. The Morgan fingerprint density at radius 2 is 1.87 bits per heavy atom. The Bertz CT molecular complexity index is 649. The van der Waals surface area contributed by atoms with Gasteiger partial charge in [0.05, 0.1) is 0 Å². The zero-order chi connectivity index (χ0) is 16.8. The van der Waals surface area contributed by atoms with E-state index in [1.807, 2.05) is 0 Å². The van der Waals surface area contributed by atoms with Crippen molar-refractivity contribution < 1.29 is 12.9 Å². The van der Waals surface area contributed by atoms with Crippen LogP contribution in [0.3, 0.4) is 0 Å². The van der Waals surface area contributed by atoms with E-state index < -0.39 is 10.0 Å². The quantitative estimate of drug-likeness (QED) is 0.821. The normalized spacial score (nSPS) is 22.7. The molecular formula is C16H27N3O3S. The summed E-state index contributed by atoms with van der Waals surface area (Å²) in [7, 11) is 0.741. The molecule has 0 spiro atoms. The molecule has 1 aliphatic carbocycles. The number of rotatable bonds is 5. The Labute approximate surface area is 138 Å². The van der Waals surface area contributed by atoms with Gasteiger partial charge in [0.15, 0.2) is 5.76 Å². The van der Waals surface area contributed by atoms with Gasteiger partial charge in [-0.1, -0.05) is 18.0 Å². The SMILES string of the molecule is Cc1noc(C)c1S(=O)(=O)N1CCC(CC2CC2)(N(C)C)CC1. The van der Waals surface area contributed by atoms with Gasteiger partial charge in [-0.05, 0) is 53.1 Å². The molecule has 7 heteroatoms. The first-order chi connectivity index (χ1) is 10.8. The number of hydrogen-bond donors (Lipinski definition) is 0. The molecule has 0 atom stereocenters. The van der Waals surface area contributed by atoms with E-state index in [1.165, 1.54) is 19.3 Å². The van der Waals surface area contributed by atoms with E-state index in [-0.39, 0.29) is 10.4 Å². The molecule has 130 valence electrons. The maximum absolute atomic E-state index is 12.9. The number of aryl methyl sites for hydroxylation is 2. The van der Waals surface area contributed by atoms with Crippen LogP contribution in [0.5, 0.6) is 0 Å². The van der Waals surface area contributed by atoms with Crippen molar-refractivity contribution in [2.75, 3.05) is 27.2 Å². The van der Waals surface area contributed by atoms with Crippen LogP contribution in [0.15, 0.2) is 9.42 Å². The molecule has 0 bridgehead atoms. The summed E-state index contributed by atoms with van der Waals surface area (Å²) in [5.74, 6) is 1.22. The molecule has 23 heavy (non-hydrogen) atoms. The van der Waals surface area contributed by atoms with Gasteiger partial charge in [-0.3, -0.25) is 0 Å². The molecule has 1 saturated carbocycles. The van der Waals surface area contributed by atoms with Crippen LogP contribution in [0.2, 0.25) is 0 Å². The minimum absolute atomic E-state index is 0.145. The van der Waals surface area contributed by atoms with Gasteiger partial charge in [0, 0.05) is 18.6 Å². The molecule has 2 aliphatic rings. The topological polar surface area (TPSA) is 66.7 Å². The molecule has 2 fully saturated rings. The van der Waals surface area contributed by atoms with Crippen LogP contribution in [0.25, 0.3) is 0 Å². The lowest BCUT2D eigenvalue weighted by atomic mass is 9.82. The third kappa shape index (κ3) is 3.06. The van der Waals surface area contributed by atoms with Crippen LogP contribution in [0.4, 0.5) is 0 Å². The minimum Gasteiger partial charge on any atom is -0.360 e. The van der Waals surface area contributed by atoms with Crippen LogP contribution >= 0.6 is 0 Å². The first kappa shape index (κ1) is 16.9. The monoisotopic (exact) mass is 341 g/mol. The van der Waals surface area contributed by atoms with Crippen LogP contribution < -0.4 is 0 Å². The first-order valence-electron chi connectivity index (χ1n) is 8.37. The van der Waals surface area contributed by atoms with Crippen LogP contribution in [0, 0.1) is 19.8 Å². The average molecular weight is 341 g/mol. The highest BCUT2D eigenvalue weighted by Gasteiger charge is 2.44. The Hall–Kier alpha value is -0.920. The van der Waals surface area contributed by atoms with Crippen molar-refractivity contribution in [3.63, 3.8) is 0 Å². The Balaban J connectivity index is 1.77. The van der Waals surface area contributed by atoms with Crippen molar-refractivity contribution in [3.8, 4) is 0 Å². The van der Waals surface area contributed by atoms with Crippen molar-refractivity contribution >= 4 is 10.0 Å². The molecule has 0 radical (unpaired) electrons. The molecule has 0 N–H and O–H groups in total. The molecule has 1 aromatic rings. The first-order valence-corrected chi connectivity index (χ1v) is 9.81. The lowest BCUT2D eigenvalue weighted by Gasteiger charge is -2.46. The van der Waals surface area contributed by atoms with Gasteiger partial charge in [0.25, 0.3) is 0 Å². The molecule has 0 aromatic carbocycles. The molecule has 2 heterocycles. The van der Waals surface area contributed by atoms with Gasteiger partial charge in [0.1, 0.15) is 10.6 Å². The van der Waals surface area contributed by atoms with Gasteiger partial charge in [-0.25, -0.2) is 8.42 Å². The zero-order valence-corrected chi connectivity index (χ0v) is 15.3. The van der Waals surface area contributed by atoms with E-state index in [4.69, 9.17) is 4.52 Å². The van der Waals surface area contributed by atoms with E-state index in [2.05, 4.69) is 24.2 Å². The number of hydrogen-bond acceptors (Lipinski definition) is 5. The van der Waals surface area contributed by atoms with Crippen molar-refractivity contribution in [1.82, 2.24) is 14.4 Å². The van der Waals surface area contributed by atoms with Crippen molar-refractivity contribution in [1.29, 1.82) is 0 Å². The standard InChI is InChI=1S/C16H27N3O3S/c1-12-15(13(2)22-17-12)23(20,21)19-9-7-16(8-10-19,18(3)4)11-14-5-6-14/h14H,5-11H2,1-4H3. The Morgan fingerprint density at radius 3 is 2.30 bits per heavy atom. The van der Waals surface area contributed by atoms with Crippen LogP contribution in [-0.4, -0.2) is 55.5 Å².